The van der Waals surface area contributed by atoms with Gasteiger partial charge in [0.25, 0.3) is 5.91 Å². The van der Waals surface area contributed by atoms with Crippen molar-refractivity contribution in [2.45, 2.75) is 0 Å². The predicted octanol–water partition coefficient (Wildman–Crippen LogP) is 1.60. The van der Waals surface area contributed by atoms with E-state index < -0.39 is 0 Å². The minimum atomic E-state index is -0.275. The lowest BCUT2D eigenvalue weighted by molar-refractivity contribution is 0.0932. The van der Waals surface area contributed by atoms with Crippen LogP contribution in [-0.2, 0) is 4.74 Å². The van der Waals surface area contributed by atoms with Crippen molar-refractivity contribution in [1.82, 2.24) is 15.3 Å². The summed E-state index contributed by atoms with van der Waals surface area (Å²) in [4.78, 5) is 20.2. The number of nitrogens with zero attached hydrogens (tertiary/aromatic N) is 2. The fourth-order valence-electron chi connectivity index (χ4n) is 1.77. The quantitative estimate of drug-likeness (QED) is 0.756. The molecule has 0 unspecified atom stereocenters. The van der Waals surface area contributed by atoms with Gasteiger partial charge in [-0.1, -0.05) is 12.1 Å². The molecule has 0 radical (unpaired) electrons. The second kappa shape index (κ2) is 7.94. The summed E-state index contributed by atoms with van der Waals surface area (Å²) in [5.41, 5.74) is 1.01. The van der Waals surface area contributed by atoms with Gasteiger partial charge in [-0.15, -0.1) is 0 Å². The number of hydrogen-bond donors (Lipinski definition) is 2. The van der Waals surface area contributed by atoms with Crippen LogP contribution in [0, 0.1) is 0 Å². The molecular formula is C15H18N4O3. The zero-order valence-corrected chi connectivity index (χ0v) is 12.5. The van der Waals surface area contributed by atoms with Crippen LogP contribution in [0.2, 0.25) is 0 Å². The van der Waals surface area contributed by atoms with Gasteiger partial charge in [0.05, 0.1) is 19.4 Å². The summed E-state index contributed by atoms with van der Waals surface area (Å²) in [6.45, 7) is 0.873. The first kappa shape index (κ1) is 15.7. The summed E-state index contributed by atoms with van der Waals surface area (Å²) >= 11 is 0. The molecule has 0 aliphatic rings. The average molecular weight is 302 g/mol. The Balaban J connectivity index is 2.09. The number of nitrogens with one attached hydrogen (secondary N) is 2. The molecule has 1 heterocycles. The number of rotatable bonds is 7. The van der Waals surface area contributed by atoms with Crippen LogP contribution < -0.4 is 15.4 Å². The van der Waals surface area contributed by atoms with E-state index in [4.69, 9.17) is 9.47 Å². The molecule has 1 aromatic heterocycles. The van der Waals surface area contributed by atoms with Crippen molar-refractivity contribution in [3.8, 4) is 5.75 Å². The molecular weight excluding hydrogens is 284 g/mol. The van der Waals surface area contributed by atoms with E-state index >= 15 is 0 Å². The largest absolute Gasteiger partial charge is 0.495 e. The van der Waals surface area contributed by atoms with Crippen molar-refractivity contribution >= 4 is 17.5 Å². The molecule has 2 N–H and O–H groups in total. The van der Waals surface area contributed by atoms with Crippen LogP contribution in [0.25, 0.3) is 0 Å². The van der Waals surface area contributed by atoms with E-state index in [2.05, 4.69) is 20.6 Å². The summed E-state index contributed by atoms with van der Waals surface area (Å²) in [5.74, 6) is 0.715. The van der Waals surface area contributed by atoms with E-state index in [1.807, 2.05) is 24.3 Å². The molecule has 0 saturated heterocycles. The Kier molecular flexibility index (Phi) is 5.67. The van der Waals surface area contributed by atoms with Gasteiger partial charge >= 0.3 is 0 Å². The third kappa shape index (κ3) is 4.16. The molecule has 0 spiro atoms. The fourth-order valence-corrected chi connectivity index (χ4v) is 1.77. The van der Waals surface area contributed by atoms with Crippen molar-refractivity contribution in [2.75, 3.05) is 32.7 Å². The molecule has 2 rings (SSSR count). The molecule has 0 bridgehead atoms. The zero-order chi connectivity index (χ0) is 15.8. The topological polar surface area (TPSA) is 85.4 Å². The second-order valence-electron chi connectivity index (χ2n) is 4.34. The SMILES string of the molecule is COCCNC(=O)c1ccnc(Nc2ccccc2OC)n1. The molecule has 1 amide bonds. The number of ether oxygens (including phenoxy) is 2. The summed E-state index contributed by atoms with van der Waals surface area (Å²) in [6.07, 6.45) is 1.52. The van der Waals surface area contributed by atoms with E-state index in [1.54, 1.807) is 20.3 Å². The standard InChI is InChI=1S/C15H18N4O3/c1-21-10-9-16-14(20)12-7-8-17-15(19-12)18-11-5-3-4-6-13(11)22-2/h3-8H,9-10H2,1-2H3,(H,16,20)(H,17,18,19). The van der Waals surface area contributed by atoms with Gasteiger partial charge in [0.15, 0.2) is 0 Å². The van der Waals surface area contributed by atoms with Gasteiger partial charge in [-0.05, 0) is 18.2 Å². The number of amides is 1. The van der Waals surface area contributed by atoms with Gasteiger partial charge in [-0.25, -0.2) is 9.97 Å². The van der Waals surface area contributed by atoms with Gasteiger partial charge in [0.1, 0.15) is 11.4 Å². The Hall–Kier alpha value is -2.67. The van der Waals surface area contributed by atoms with Gasteiger partial charge in [0.2, 0.25) is 5.95 Å². The number of carbonyl (C=O) groups excluding carboxylic acids is 1. The minimum absolute atomic E-state index is 0.275. The molecule has 0 saturated carbocycles. The van der Waals surface area contributed by atoms with E-state index in [9.17, 15) is 4.79 Å². The normalized spacial score (nSPS) is 10.1. The number of benzene rings is 1. The van der Waals surface area contributed by atoms with Crippen LogP contribution in [0.1, 0.15) is 10.5 Å². The molecule has 116 valence electrons. The highest BCUT2D eigenvalue weighted by Crippen LogP contribution is 2.25. The fraction of sp³-hybridized carbons (Fsp3) is 0.267. The van der Waals surface area contributed by atoms with Gasteiger partial charge in [-0.2, -0.15) is 0 Å². The summed E-state index contributed by atoms with van der Waals surface area (Å²) < 4.78 is 10.1. The highest BCUT2D eigenvalue weighted by Gasteiger charge is 2.09. The number of para-hydroxylation sites is 2. The van der Waals surface area contributed by atoms with Crippen molar-refractivity contribution in [3.05, 3.63) is 42.2 Å². The Bertz CT molecular complexity index is 634. The molecule has 0 aliphatic carbocycles. The van der Waals surface area contributed by atoms with E-state index in [0.29, 0.717) is 24.8 Å². The number of methoxy groups -OCH3 is 2. The minimum Gasteiger partial charge on any atom is -0.495 e. The number of anilines is 2. The Labute approximate surface area is 128 Å². The monoisotopic (exact) mass is 302 g/mol. The third-order valence-corrected chi connectivity index (χ3v) is 2.83. The lowest BCUT2D eigenvalue weighted by Gasteiger charge is -2.10. The first-order valence-electron chi connectivity index (χ1n) is 6.75. The summed E-state index contributed by atoms with van der Waals surface area (Å²) in [5, 5.41) is 5.74. The Morgan fingerprint density at radius 3 is 2.82 bits per heavy atom. The van der Waals surface area contributed by atoms with Crippen molar-refractivity contribution in [3.63, 3.8) is 0 Å². The smallest absolute Gasteiger partial charge is 0.270 e. The third-order valence-electron chi connectivity index (χ3n) is 2.83. The van der Waals surface area contributed by atoms with Gasteiger partial charge in [0, 0.05) is 19.9 Å². The maximum absolute atomic E-state index is 11.9. The zero-order valence-electron chi connectivity index (χ0n) is 12.5. The first-order chi connectivity index (χ1) is 10.7. The van der Waals surface area contributed by atoms with Gasteiger partial charge < -0.3 is 20.1 Å². The summed E-state index contributed by atoms with van der Waals surface area (Å²) in [7, 11) is 3.16. The van der Waals surface area contributed by atoms with Crippen LogP contribution >= 0.6 is 0 Å². The number of carbonyl (C=O) groups is 1. The molecule has 7 nitrogen and oxygen atoms in total. The van der Waals surface area contributed by atoms with Gasteiger partial charge in [-0.3, -0.25) is 4.79 Å². The number of hydrogen-bond acceptors (Lipinski definition) is 6. The maximum atomic E-state index is 11.9. The molecule has 22 heavy (non-hydrogen) atoms. The highest BCUT2D eigenvalue weighted by molar-refractivity contribution is 5.92. The molecule has 0 aliphatic heterocycles. The Morgan fingerprint density at radius 2 is 2.05 bits per heavy atom. The van der Waals surface area contributed by atoms with E-state index in [1.165, 1.54) is 6.20 Å². The number of aromatic nitrogens is 2. The summed E-state index contributed by atoms with van der Waals surface area (Å²) in [6, 6.07) is 8.95. The molecule has 0 fully saturated rings. The lowest BCUT2D eigenvalue weighted by Crippen LogP contribution is -2.27. The van der Waals surface area contributed by atoms with Crippen LogP contribution in [0.15, 0.2) is 36.5 Å². The van der Waals surface area contributed by atoms with Crippen LogP contribution in [0.4, 0.5) is 11.6 Å². The molecule has 1 aromatic carbocycles. The van der Waals surface area contributed by atoms with E-state index in [-0.39, 0.29) is 11.6 Å². The lowest BCUT2D eigenvalue weighted by atomic mass is 10.3. The highest BCUT2D eigenvalue weighted by atomic mass is 16.5. The first-order valence-corrected chi connectivity index (χ1v) is 6.75. The molecule has 0 atom stereocenters. The van der Waals surface area contributed by atoms with Crippen molar-refractivity contribution in [1.29, 1.82) is 0 Å². The molecule has 2 aromatic rings. The van der Waals surface area contributed by atoms with Crippen LogP contribution in [0.5, 0.6) is 5.75 Å². The van der Waals surface area contributed by atoms with Crippen molar-refractivity contribution < 1.29 is 14.3 Å². The van der Waals surface area contributed by atoms with Crippen LogP contribution in [0.3, 0.4) is 0 Å². The van der Waals surface area contributed by atoms with Crippen LogP contribution in [-0.4, -0.2) is 43.2 Å². The maximum Gasteiger partial charge on any atom is 0.270 e. The average Bonchev–Trinajstić information content (AvgIpc) is 2.56. The Morgan fingerprint density at radius 1 is 1.23 bits per heavy atom. The molecule has 7 heteroatoms. The van der Waals surface area contributed by atoms with E-state index in [0.717, 1.165) is 5.69 Å². The second-order valence-corrected chi connectivity index (χ2v) is 4.34. The predicted molar refractivity (Wildman–Crippen MR) is 82.5 cm³/mol. The van der Waals surface area contributed by atoms with Crippen molar-refractivity contribution in [2.24, 2.45) is 0 Å².